The fraction of sp³-hybridized carbons (Fsp3) is 0.647. The van der Waals surface area contributed by atoms with Crippen molar-refractivity contribution < 1.29 is 0 Å². The first-order valence-corrected chi connectivity index (χ1v) is 8.46. The summed E-state index contributed by atoms with van der Waals surface area (Å²) in [4.78, 5) is 8.87. The van der Waals surface area contributed by atoms with Crippen LogP contribution in [0.5, 0.6) is 0 Å². The van der Waals surface area contributed by atoms with E-state index >= 15 is 0 Å². The standard InChI is InChI=1S/C17H26ClN3/c1-4-5-6-9-17(2,3)13-21-15-8-11-19-12-14(15)20-16(21)7-10-18/h8,11-12H,4-7,9-10,13H2,1-3H3. The Morgan fingerprint density at radius 2 is 2.10 bits per heavy atom. The van der Waals surface area contributed by atoms with Crippen molar-refractivity contribution in [2.75, 3.05) is 5.88 Å². The van der Waals surface area contributed by atoms with E-state index in [-0.39, 0.29) is 5.41 Å². The van der Waals surface area contributed by atoms with E-state index in [4.69, 9.17) is 16.6 Å². The summed E-state index contributed by atoms with van der Waals surface area (Å²) in [7, 11) is 0. The van der Waals surface area contributed by atoms with E-state index in [9.17, 15) is 0 Å². The molecule has 0 fully saturated rings. The zero-order chi connectivity index (χ0) is 15.3. The van der Waals surface area contributed by atoms with Crippen LogP contribution in [0.15, 0.2) is 18.5 Å². The Morgan fingerprint density at radius 1 is 1.29 bits per heavy atom. The molecule has 0 saturated heterocycles. The van der Waals surface area contributed by atoms with Gasteiger partial charge in [-0.15, -0.1) is 11.6 Å². The van der Waals surface area contributed by atoms with Gasteiger partial charge >= 0.3 is 0 Å². The van der Waals surface area contributed by atoms with Crippen molar-refractivity contribution in [1.82, 2.24) is 14.5 Å². The highest BCUT2D eigenvalue weighted by Crippen LogP contribution is 2.29. The zero-order valence-corrected chi connectivity index (χ0v) is 14.2. The predicted octanol–water partition coefficient (Wildman–Crippen LogP) is 4.82. The number of rotatable bonds is 8. The van der Waals surface area contributed by atoms with Crippen molar-refractivity contribution in [3.8, 4) is 0 Å². The molecule has 116 valence electrons. The van der Waals surface area contributed by atoms with Gasteiger partial charge in [0, 0.05) is 25.0 Å². The minimum absolute atomic E-state index is 0.271. The number of unbranched alkanes of at least 4 members (excludes halogenated alkanes) is 2. The first-order chi connectivity index (χ1) is 10.1. The van der Waals surface area contributed by atoms with Crippen LogP contribution in [0.2, 0.25) is 0 Å². The van der Waals surface area contributed by atoms with Gasteiger partial charge in [-0.2, -0.15) is 0 Å². The zero-order valence-electron chi connectivity index (χ0n) is 13.4. The van der Waals surface area contributed by atoms with Crippen LogP contribution < -0.4 is 0 Å². The van der Waals surface area contributed by atoms with E-state index in [2.05, 4.69) is 36.4 Å². The lowest BCUT2D eigenvalue weighted by atomic mass is 9.86. The Hall–Kier alpha value is -1.09. The van der Waals surface area contributed by atoms with Crippen molar-refractivity contribution in [3.63, 3.8) is 0 Å². The fourth-order valence-electron chi connectivity index (χ4n) is 2.84. The van der Waals surface area contributed by atoms with E-state index in [1.165, 1.54) is 31.2 Å². The van der Waals surface area contributed by atoms with Gasteiger partial charge in [0.1, 0.15) is 11.3 Å². The first kappa shape index (κ1) is 16.3. The van der Waals surface area contributed by atoms with Gasteiger partial charge in [0.2, 0.25) is 0 Å². The lowest BCUT2D eigenvalue weighted by Gasteiger charge is -2.26. The third-order valence-corrected chi connectivity index (χ3v) is 4.18. The molecule has 0 radical (unpaired) electrons. The second-order valence-corrected chi connectivity index (χ2v) is 6.92. The molecule has 0 spiro atoms. The Kier molecular flexibility index (Phi) is 5.63. The van der Waals surface area contributed by atoms with Gasteiger partial charge < -0.3 is 4.57 Å². The molecule has 3 nitrogen and oxygen atoms in total. The molecule has 0 unspecified atom stereocenters. The number of pyridine rings is 1. The van der Waals surface area contributed by atoms with Gasteiger partial charge in [-0.05, 0) is 17.9 Å². The molecule has 2 rings (SSSR count). The summed E-state index contributed by atoms with van der Waals surface area (Å²) in [5.41, 5.74) is 2.42. The van der Waals surface area contributed by atoms with Crippen LogP contribution in [-0.4, -0.2) is 20.4 Å². The van der Waals surface area contributed by atoms with Crippen LogP contribution in [0.25, 0.3) is 11.0 Å². The second kappa shape index (κ2) is 7.26. The quantitative estimate of drug-likeness (QED) is 0.517. The van der Waals surface area contributed by atoms with Gasteiger partial charge in [0.05, 0.1) is 11.7 Å². The maximum atomic E-state index is 5.94. The maximum Gasteiger partial charge on any atom is 0.111 e. The summed E-state index contributed by atoms with van der Waals surface area (Å²) in [5, 5.41) is 0. The third-order valence-electron chi connectivity index (χ3n) is 3.99. The molecule has 0 saturated carbocycles. The monoisotopic (exact) mass is 307 g/mol. The Labute approximate surface area is 132 Å². The summed E-state index contributed by atoms with van der Waals surface area (Å²) < 4.78 is 2.34. The van der Waals surface area contributed by atoms with Gasteiger partial charge in [0.15, 0.2) is 0 Å². The summed E-state index contributed by atoms with van der Waals surface area (Å²) in [6.07, 6.45) is 9.61. The topological polar surface area (TPSA) is 30.7 Å². The van der Waals surface area contributed by atoms with Crippen molar-refractivity contribution in [2.24, 2.45) is 5.41 Å². The van der Waals surface area contributed by atoms with E-state index in [1.54, 1.807) is 0 Å². The fourth-order valence-corrected chi connectivity index (χ4v) is 3.01. The molecule has 0 amide bonds. The number of hydrogen-bond acceptors (Lipinski definition) is 2. The van der Waals surface area contributed by atoms with Crippen LogP contribution >= 0.6 is 11.6 Å². The average Bonchev–Trinajstić information content (AvgIpc) is 2.77. The molecule has 0 aliphatic carbocycles. The van der Waals surface area contributed by atoms with Crippen LogP contribution in [0.1, 0.15) is 52.3 Å². The lowest BCUT2D eigenvalue weighted by molar-refractivity contribution is 0.272. The Bertz CT molecular complexity index is 574. The molecule has 0 N–H and O–H groups in total. The summed E-state index contributed by atoms with van der Waals surface area (Å²) in [5.74, 6) is 1.68. The molecule has 4 heteroatoms. The smallest absolute Gasteiger partial charge is 0.111 e. The largest absolute Gasteiger partial charge is 0.327 e. The second-order valence-electron chi connectivity index (χ2n) is 6.54. The molecule has 2 heterocycles. The number of aryl methyl sites for hydroxylation is 1. The number of alkyl halides is 1. The van der Waals surface area contributed by atoms with Crippen LogP contribution in [-0.2, 0) is 13.0 Å². The number of aromatic nitrogens is 3. The van der Waals surface area contributed by atoms with Crippen molar-refractivity contribution in [1.29, 1.82) is 0 Å². The summed E-state index contributed by atoms with van der Waals surface area (Å²) in [6, 6.07) is 2.06. The van der Waals surface area contributed by atoms with Crippen LogP contribution in [0.4, 0.5) is 0 Å². The van der Waals surface area contributed by atoms with Gasteiger partial charge in [-0.25, -0.2) is 4.98 Å². The maximum absolute atomic E-state index is 5.94. The Morgan fingerprint density at radius 3 is 2.81 bits per heavy atom. The normalized spacial score (nSPS) is 12.2. The van der Waals surface area contributed by atoms with E-state index in [1.807, 2.05) is 12.4 Å². The Balaban J connectivity index is 2.24. The average molecular weight is 308 g/mol. The molecule has 0 aromatic carbocycles. The van der Waals surface area contributed by atoms with Crippen molar-refractivity contribution in [2.45, 2.75) is 59.4 Å². The van der Waals surface area contributed by atoms with Gasteiger partial charge in [-0.1, -0.05) is 40.0 Å². The number of fused-ring (bicyclic) bond motifs is 1. The highest BCUT2D eigenvalue weighted by molar-refractivity contribution is 6.17. The highest BCUT2D eigenvalue weighted by atomic mass is 35.5. The molecular weight excluding hydrogens is 282 g/mol. The number of hydrogen-bond donors (Lipinski definition) is 0. The van der Waals surface area contributed by atoms with Crippen LogP contribution in [0, 0.1) is 5.41 Å². The minimum atomic E-state index is 0.271. The molecule has 21 heavy (non-hydrogen) atoms. The number of imidazole rings is 1. The molecule has 0 atom stereocenters. The molecular formula is C17H26ClN3. The minimum Gasteiger partial charge on any atom is -0.327 e. The van der Waals surface area contributed by atoms with Crippen LogP contribution in [0.3, 0.4) is 0 Å². The highest BCUT2D eigenvalue weighted by Gasteiger charge is 2.21. The lowest BCUT2D eigenvalue weighted by Crippen LogP contribution is -2.21. The van der Waals surface area contributed by atoms with Crippen molar-refractivity contribution >= 4 is 22.6 Å². The number of nitrogens with zero attached hydrogens (tertiary/aromatic N) is 3. The SMILES string of the molecule is CCCCCC(C)(C)Cn1c(CCCl)nc2cnccc21. The first-order valence-electron chi connectivity index (χ1n) is 7.92. The molecule has 0 bridgehead atoms. The van der Waals surface area contributed by atoms with Crippen molar-refractivity contribution in [3.05, 3.63) is 24.3 Å². The predicted molar refractivity (Wildman–Crippen MR) is 89.9 cm³/mol. The molecule has 0 aliphatic heterocycles. The summed E-state index contributed by atoms with van der Waals surface area (Å²) in [6.45, 7) is 7.94. The van der Waals surface area contributed by atoms with E-state index < -0.39 is 0 Å². The van der Waals surface area contributed by atoms with Gasteiger partial charge in [-0.3, -0.25) is 4.98 Å². The third kappa shape index (κ3) is 4.19. The van der Waals surface area contributed by atoms with Gasteiger partial charge in [0.25, 0.3) is 0 Å². The molecule has 2 aromatic rings. The van der Waals surface area contributed by atoms with E-state index in [0.29, 0.717) is 5.88 Å². The summed E-state index contributed by atoms with van der Waals surface area (Å²) >= 11 is 5.94. The molecule has 2 aromatic heterocycles. The van der Waals surface area contributed by atoms with E-state index in [0.717, 1.165) is 24.3 Å². The number of halogens is 1. The molecule has 0 aliphatic rings.